The van der Waals surface area contributed by atoms with E-state index in [1.54, 1.807) is 0 Å². The molecule has 1 aliphatic rings. The minimum absolute atomic E-state index is 0.405. The Balaban J connectivity index is 1.69. The van der Waals surface area contributed by atoms with Gasteiger partial charge in [-0.25, -0.2) is 0 Å². The van der Waals surface area contributed by atoms with E-state index < -0.39 is 0 Å². The normalized spacial score (nSPS) is 20.2. The van der Waals surface area contributed by atoms with Crippen LogP contribution in [0.1, 0.15) is 24.0 Å². The van der Waals surface area contributed by atoms with Crippen molar-refractivity contribution in [3.8, 4) is 5.75 Å². The molecule has 0 spiro atoms. The molecule has 0 aliphatic carbocycles. The Morgan fingerprint density at radius 1 is 1.08 bits per heavy atom. The minimum atomic E-state index is 0.405. The maximum absolute atomic E-state index is 6.21. The van der Waals surface area contributed by atoms with Gasteiger partial charge >= 0.3 is 0 Å². The lowest BCUT2D eigenvalue weighted by Crippen LogP contribution is -2.36. The summed E-state index contributed by atoms with van der Waals surface area (Å²) in [5, 5.41) is 4.74. The van der Waals surface area contributed by atoms with E-state index in [4.69, 9.17) is 27.9 Å². The third-order valence-corrected chi connectivity index (χ3v) is 5.53. The number of nitrogens with zero attached hydrogens (tertiary/aromatic N) is 1. The summed E-state index contributed by atoms with van der Waals surface area (Å²) < 4.78 is 5.51. The SMILES string of the molecule is CCOc1ccc(CN(C)C2CNCC2c2ccc(Cl)c(Cl)c2)cc1. The number of rotatable bonds is 6. The fourth-order valence-electron chi connectivity index (χ4n) is 3.47. The van der Waals surface area contributed by atoms with Crippen LogP contribution in [0.25, 0.3) is 0 Å². The first kappa shape index (κ1) is 18.5. The summed E-state index contributed by atoms with van der Waals surface area (Å²) in [7, 11) is 2.18. The van der Waals surface area contributed by atoms with Crippen LogP contribution in [-0.4, -0.2) is 37.7 Å². The van der Waals surface area contributed by atoms with Crippen LogP contribution in [0, 0.1) is 0 Å². The molecule has 0 saturated carbocycles. The molecular weight excluding hydrogens is 355 g/mol. The standard InChI is InChI=1S/C20H24Cl2N2O/c1-3-25-16-7-4-14(5-8-16)13-24(2)20-12-23-11-17(20)15-6-9-18(21)19(22)10-15/h4-10,17,20,23H,3,11-13H2,1-2H3. The fraction of sp³-hybridized carbons (Fsp3) is 0.400. The largest absolute Gasteiger partial charge is 0.494 e. The minimum Gasteiger partial charge on any atom is -0.494 e. The van der Waals surface area contributed by atoms with Gasteiger partial charge in [0.25, 0.3) is 0 Å². The van der Waals surface area contributed by atoms with Gasteiger partial charge in [0.05, 0.1) is 16.7 Å². The van der Waals surface area contributed by atoms with Crippen LogP contribution in [0.3, 0.4) is 0 Å². The molecular formula is C20H24Cl2N2O. The average molecular weight is 379 g/mol. The lowest BCUT2D eigenvalue weighted by atomic mass is 9.93. The van der Waals surface area contributed by atoms with Crippen molar-refractivity contribution in [1.29, 1.82) is 0 Å². The lowest BCUT2D eigenvalue weighted by molar-refractivity contribution is 0.232. The molecule has 2 unspecified atom stereocenters. The quantitative estimate of drug-likeness (QED) is 0.795. The molecule has 25 heavy (non-hydrogen) atoms. The number of benzene rings is 2. The highest BCUT2D eigenvalue weighted by atomic mass is 35.5. The second-order valence-electron chi connectivity index (χ2n) is 6.50. The van der Waals surface area contributed by atoms with Gasteiger partial charge in [0, 0.05) is 31.6 Å². The van der Waals surface area contributed by atoms with Gasteiger partial charge in [0.15, 0.2) is 0 Å². The van der Waals surface area contributed by atoms with E-state index in [0.717, 1.165) is 25.4 Å². The van der Waals surface area contributed by atoms with Gasteiger partial charge in [-0.05, 0) is 49.4 Å². The number of likely N-dealkylation sites (N-methyl/N-ethyl adjacent to an activating group) is 1. The smallest absolute Gasteiger partial charge is 0.119 e. The van der Waals surface area contributed by atoms with Gasteiger partial charge in [-0.3, -0.25) is 4.90 Å². The molecule has 1 fully saturated rings. The first-order valence-electron chi connectivity index (χ1n) is 8.66. The van der Waals surface area contributed by atoms with Crippen LogP contribution in [0.4, 0.5) is 0 Å². The molecule has 1 heterocycles. The third-order valence-electron chi connectivity index (χ3n) is 4.79. The van der Waals surface area contributed by atoms with E-state index >= 15 is 0 Å². The summed E-state index contributed by atoms with van der Waals surface area (Å²) >= 11 is 12.3. The van der Waals surface area contributed by atoms with Crippen molar-refractivity contribution < 1.29 is 4.74 Å². The van der Waals surface area contributed by atoms with Gasteiger partial charge in [0.1, 0.15) is 5.75 Å². The van der Waals surface area contributed by atoms with Crippen molar-refractivity contribution in [3.05, 3.63) is 63.6 Å². The monoisotopic (exact) mass is 378 g/mol. The Bertz CT molecular complexity index is 705. The van der Waals surface area contributed by atoms with Crippen LogP contribution >= 0.6 is 23.2 Å². The number of halogens is 2. The van der Waals surface area contributed by atoms with E-state index in [0.29, 0.717) is 28.6 Å². The van der Waals surface area contributed by atoms with E-state index in [1.165, 1.54) is 11.1 Å². The highest BCUT2D eigenvalue weighted by Crippen LogP contribution is 2.31. The Hall–Kier alpha value is -1.26. The Morgan fingerprint density at radius 2 is 1.84 bits per heavy atom. The Morgan fingerprint density at radius 3 is 2.52 bits per heavy atom. The van der Waals surface area contributed by atoms with Gasteiger partial charge < -0.3 is 10.1 Å². The molecule has 2 atom stereocenters. The second-order valence-corrected chi connectivity index (χ2v) is 7.31. The zero-order chi connectivity index (χ0) is 17.8. The number of hydrogen-bond donors (Lipinski definition) is 1. The molecule has 134 valence electrons. The summed E-state index contributed by atoms with van der Waals surface area (Å²) in [6.07, 6.45) is 0. The van der Waals surface area contributed by atoms with Crippen LogP contribution in [0.15, 0.2) is 42.5 Å². The summed E-state index contributed by atoms with van der Waals surface area (Å²) in [6, 6.07) is 14.7. The topological polar surface area (TPSA) is 24.5 Å². The van der Waals surface area contributed by atoms with Gasteiger partial charge in [-0.2, -0.15) is 0 Å². The van der Waals surface area contributed by atoms with Crippen LogP contribution in [-0.2, 0) is 6.54 Å². The van der Waals surface area contributed by atoms with Crippen molar-refractivity contribution in [2.45, 2.75) is 25.4 Å². The molecule has 1 N–H and O–H groups in total. The Labute approximate surface area is 159 Å². The zero-order valence-electron chi connectivity index (χ0n) is 14.6. The maximum atomic E-state index is 6.21. The molecule has 2 aromatic carbocycles. The predicted octanol–water partition coefficient (Wildman–Crippen LogP) is 4.58. The summed E-state index contributed by atoms with van der Waals surface area (Å²) in [5.41, 5.74) is 2.52. The highest BCUT2D eigenvalue weighted by Gasteiger charge is 2.31. The first-order valence-corrected chi connectivity index (χ1v) is 9.41. The van der Waals surface area contributed by atoms with Crippen LogP contribution in [0.5, 0.6) is 5.75 Å². The molecule has 0 radical (unpaired) electrons. The van der Waals surface area contributed by atoms with Crippen molar-refractivity contribution in [3.63, 3.8) is 0 Å². The molecule has 5 heteroatoms. The third kappa shape index (κ3) is 4.48. The van der Waals surface area contributed by atoms with Crippen molar-refractivity contribution >= 4 is 23.2 Å². The molecule has 2 aromatic rings. The van der Waals surface area contributed by atoms with Gasteiger partial charge in [0.2, 0.25) is 0 Å². The first-order chi connectivity index (χ1) is 12.1. The zero-order valence-corrected chi connectivity index (χ0v) is 16.1. The van der Waals surface area contributed by atoms with Gasteiger partial charge in [-0.1, -0.05) is 41.4 Å². The number of nitrogens with one attached hydrogen (secondary N) is 1. The van der Waals surface area contributed by atoms with E-state index in [2.05, 4.69) is 35.5 Å². The maximum Gasteiger partial charge on any atom is 0.119 e. The van der Waals surface area contributed by atoms with Crippen LogP contribution < -0.4 is 10.1 Å². The second kappa shape index (κ2) is 8.41. The number of hydrogen-bond acceptors (Lipinski definition) is 3. The van der Waals surface area contributed by atoms with E-state index in [-0.39, 0.29) is 0 Å². The van der Waals surface area contributed by atoms with Crippen molar-refractivity contribution in [1.82, 2.24) is 10.2 Å². The molecule has 0 aromatic heterocycles. The lowest BCUT2D eigenvalue weighted by Gasteiger charge is -2.29. The van der Waals surface area contributed by atoms with Crippen molar-refractivity contribution in [2.75, 3.05) is 26.7 Å². The van der Waals surface area contributed by atoms with Crippen molar-refractivity contribution in [2.24, 2.45) is 0 Å². The molecule has 0 bridgehead atoms. The summed E-state index contributed by atoms with van der Waals surface area (Å²) in [4.78, 5) is 2.41. The molecule has 0 amide bonds. The van der Waals surface area contributed by atoms with Gasteiger partial charge in [-0.15, -0.1) is 0 Å². The molecule has 1 aliphatic heterocycles. The number of ether oxygens (including phenoxy) is 1. The molecule has 3 rings (SSSR count). The average Bonchev–Trinajstić information content (AvgIpc) is 3.09. The summed E-state index contributed by atoms with van der Waals surface area (Å²) in [6.45, 7) is 5.52. The Kier molecular flexibility index (Phi) is 6.24. The highest BCUT2D eigenvalue weighted by molar-refractivity contribution is 6.42. The fourth-order valence-corrected chi connectivity index (χ4v) is 3.78. The van der Waals surface area contributed by atoms with E-state index in [9.17, 15) is 0 Å². The summed E-state index contributed by atoms with van der Waals surface area (Å²) in [5.74, 6) is 1.33. The predicted molar refractivity (Wildman–Crippen MR) is 105 cm³/mol. The molecule has 3 nitrogen and oxygen atoms in total. The molecule has 1 saturated heterocycles. The van der Waals surface area contributed by atoms with E-state index in [1.807, 2.05) is 31.2 Å². The van der Waals surface area contributed by atoms with Crippen LogP contribution in [0.2, 0.25) is 10.0 Å².